The maximum Gasteiger partial charge on any atom is 0.144 e. The number of aryl methyl sites for hydroxylation is 1. The van der Waals surface area contributed by atoms with Crippen molar-refractivity contribution in [1.82, 2.24) is 29.2 Å². The average molecular weight is 524 g/mol. The Morgan fingerprint density at radius 1 is 0.974 bits per heavy atom. The lowest BCUT2D eigenvalue weighted by Gasteiger charge is -2.36. The minimum atomic E-state index is -0.321. The van der Waals surface area contributed by atoms with Crippen LogP contribution in [-0.2, 0) is 0 Å². The number of piperazine rings is 1. The molecule has 0 spiro atoms. The average Bonchev–Trinajstić information content (AvgIpc) is 3.34. The second-order valence-corrected chi connectivity index (χ2v) is 10.5. The van der Waals surface area contributed by atoms with Gasteiger partial charge in [-0.05, 0) is 63.2 Å². The first kappa shape index (κ1) is 25.4. The minimum Gasteiger partial charge on any atom is -0.382 e. The Balaban J connectivity index is 1.27. The second-order valence-electron chi connectivity index (χ2n) is 10.5. The fourth-order valence-electron chi connectivity index (χ4n) is 5.36. The lowest BCUT2D eigenvalue weighted by Crippen LogP contribution is -2.49. The monoisotopic (exact) mass is 523 g/mol. The van der Waals surface area contributed by atoms with Crippen molar-refractivity contribution in [3.05, 3.63) is 78.5 Å². The fourth-order valence-corrected chi connectivity index (χ4v) is 5.36. The number of nitrogens with one attached hydrogen (secondary N) is 1. The molecule has 1 aliphatic heterocycles. The highest BCUT2D eigenvalue weighted by Gasteiger charge is 2.19. The van der Waals surface area contributed by atoms with E-state index >= 15 is 0 Å². The molecule has 200 valence electrons. The van der Waals surface area contributed by atoms with Gasteiger partial charge in [-0.3, -0.25) is 19.2 Å². The van der Waals surface area contributed by atoms with Crippen molar-refractivity contribution in [3.63, 3.8) is 0 Å². The predicted molar refractivity (Wildman–Crippen MR) is 155 cm³/mol. The molecule has 1 aromatic carbocycles. The number of fused-ring (bicyclic) bond motifs is 2. The molecular weight excluding hydrogens is 489 g/mol. The van der Waals surface area contributed by atoms with E-state index in [1.54, 1.807) is 13.0 Å². The van der Waals surface area contributed by atoms with E-state index in [0.717, 1.165) is 78.5 Å². The molecule has 1 saturated heterocycles. The minimum absolute atomic E-state index is 0.321. The van der Waals surface area contributed by atoms with Crippen LogP contribution in [0.15, 0.2) is 67.0 Å². The fraction of sp³-hybridized carbons (Fsp3) is 0.323. The van der Waals surface area contributed by atoms with E-state index in [0.29, 0.717) is 17.4 Å². The van der Waals surface area contributed by atoms with Crippen molar-refractivity contribution >= 4 is 22.2 Å². The Hall–Kier alpha value is -3.88. The maximum absolute atomic E-state index is 14.0. The Bertz CT molecular complexity index is 1620. The van der Waals surface area contributed by atoms with Gasteiger partial charge in [0.2, 0.25) is 0 Å². The number of hydrogen-bond acceptors (Lipinski definition) is 6. The third kappa shape index (κ3) is 5.22. The van der Waals surface area contributed by atoms with Gasteiger partial charge in [-0.25, -0.2) is 14.4 Å². The lowest BCUT2D eigenvalue weighted by atomic mass is 10.0. The summed E-state index contributed by atoms with van der Waals surface area (Å²) in [6.07, 6.45) is 3.91. The molecule has 5 heterocycles. The van der Waals surface area contributed by atoms with Crippen molar-refractivity contribution < 1.29 is 4.39 Å². The molecule has 6 rings (SSSR count). The number of aromatic nitrogens is 4. The van der Waals surface area contributed by atoms with Crippen LogP contribution in [-0.4, -0.2) is 74.5 Å². The molecule has 0 saturated carbocycles. The molecule has 0 aliphatic carbocycles. The van der Waals surface area contributed by atoms with Gasteiger partial charge in [0, 0.05) is 62.5 Å². The molecule has 0 unspecified atom stereocenters. The van der Waals surface area contributed by atoms with Crippen LogP contribution in [0.3, 0.4) is 0 Å². The summed E-state index contributed by atoms with van der Waals surface area (Å²) in [6, 6.07) is 18.1. The maximum atomic E-state index is 14.0. The van der Waals surface area contributed by atoms with Crippen molar-refractivity contribution in [2.75, 3.05) is 44.6 Å². The van der Waals surface area contributed by atoms with Gasteiger partial charge in [0.15, 0.2) is 0 Å². The molecule has 8 heteroatoms. The molecule has 4 aromatic heterocycles. The molecule has 1 N–H and O–H groups in total. The molecule has 1 aliphatic rings. The topological polar surface area (TPSA) is 61.6 Å². The Kier molecular flexibility index (Phi) is 6.97. The first-order chi connectivity index (χ1) is 19.0. The molecule has 0 radical (unpaired) electrons. The molecule has 39 heavy (non-hydrogen) atoms. The summed E-state index contributed by atoms with van der Waals surface area (Å²) < 4.78 is 16.0. The number of rotatable bonds is 7. The van der Waals surface area contributed by atoms with Gasteiger partial charge in [-0.15, -0.1) is 0 Å². The molecule has 5 aromatic rings. The largest absolute Gasteiger partial charge is 0.382 e. The second kappa shape index (κ2) is 10.7. The molecule has 0 bridgehead atoms. The van der Waals surface area contributed by atoms with Gasteiger partial charge in [-0.1, -0.05) is 12.1 Å². The van der Waals surface area contributed by atoms with E-state index in [9.17, 15) is 4.39 Å². The zero-order valence-corrected chi connectivity index (χ0v) is 22.7. The number of imidazole rings is 1. The van der Waals surface area contributed by atoms with Gasteiger partial charge in [0.1, 0.15) is 17.2 Å². The Labute approximate surface area is 228 Å². The highest BCUT2D eigenvalue weighted by Crippen LogP contribution is 2.34. The van der Waals surface area contributed by atoms with Crippen LogP contribution in [0.4, 0.5) is 10.1 Å². The van der Waals surface area contributed by atoms with Gasteiger partial charge in [0.05, 0.1) is 34.5 Å². The first-order valence-corrected chi connectivity index (χ1v) is 13.7. The number of anilines is 1. The highest BCUT2D eigenvalue weighted by molar-refractivity contribution is 5.89. The molecule has 7 nitrogen and oxygen atoms in total. The number of nitrogens with zero attached hydrogens (tertiary/aromatic N) is 6. The summed E-state index contributed by atoms with van der Waals surface area (Å²) >= 11 is 0. The van der Waals surface area contributed by atoms with E-state index in [-0.39, 0.29) is 5.82 Å². The number of hydrogen-bond donors (Lipinski definition) is 1. The van der Waals surface area contributed by atoms with E-state index < -0.39 is 0 Å². The first-order valence-electron chi connectivity index (χ1n) is 13.7. The van der Waals surface area contributed by atoms with Crippen molar-refractivity contribution in [3.8, 4) is 22.6 Å². The highest BCUT2D eigenvalue weighted by atomic mass is 19.1. The van der Waals surface area contributed by atoms with E-state index in [1.165, 1.54) is 6.07 Å². The Morgan fingerprint density at radius 3 is 2.62 bits per heavy atom. The summed E-state index contributed by atoms with van der Waals surface area (Å²) in [5, 5.41) is 4.61. The summed E-state index contributed by atoms with van der Waals surface area (Å²) in [4.78, 5) is 19.1. The zero-order valence-electron chi connectivity index (χ0n) is 22.7. The molecule has 1 fully saturated rings. The summed E-state index contributed by atoms with van der Waals surface area (Å²) in [6.45, 7) is 12.6. The molecule has 0 amide bonds. The summed E-state index contributed by atoms with van der Waals surface area (Å²) in [5.41, 5.74) is 6.41. The third-order valence-electron chi connectivity index (χ3n) is 7.64. The van der Waals surface area contributed by atoms with Gasteiger partial charge in [-0.2, -0.15) is 0 Å². The van der Waals surface area contributed by atoms with Gasteiger partial charge in [0.25, 0.3) is 0 Å². The van der Waals surface area contributed by atoms with Crippen molar-refractivity contribution in [1.29, 1.82) is 0 Å². The van der Waals surface area contributed by atoms with Crippen molar-refractivity contribution in [2.24, 2.45) is 0 Å². The van der Waals surface area contributed by atoms with Crippen LogP contribution in [0.2, 0.25) is 0 Å². The Morgan fingerprint density at radius 2 is 1.82 bits per heavy atom. The SMILES string of the molecule is Cc1nc(-c2nc3ccccn3c2-c2ccc3ncc(NCCN4CCN(C(C)C)CC4)cc3c2)ccc1F. The van der Waals surface area contributed by atoms with Crippen LogP contribution in [0.25, 0.3) is 39.2 Å². The summed E-state index contributed by atoms with van der Waals surface area (Å²) in [5.74, 6) is -0.321. The van der Waals surface area contributed by atoms with Crippen molar-refractivity contribution in [2.45, 2.75) is 26.8 Å². The van der Waals surface area contributed by atoms with Gasteiger partial charge >= 0.3 is 0 Å². The zero-order chi connectivity index (χ0) is 26.9. The van der Waals surface area contributed by atoms with Crippen LogP contribution in [0, 0.1) is 12.7 Å². The van der Waals surface area contributed by atoms with Gasteiger partial charge < -0.3 is 5.32 Å². The molecule has 0 atom stereocenters. The normalized spacial score (nSPS) is 15.0. The number of benzene rings is 1. The predicted octanol–water partition coefficient (Wildman–Crippen LogP) is 5.50. The quantitative estimate of drug-likeness (QED) is 0.304. The lowest BCUT2D eigenvalue weighted by molar-refractivity contribution is 0.111. The van der Waals surface area contributed by atoms with E-state index in [4.69, 9.17) is 9.97 Å². The smallest absolute Gasteiger partial charge is 0.144 e. The van der Waals surface area contributed by atoms with Crippen LogP contribution in [0.5, 0.6) is 0 Å². The number of pyridine rings is 3. The van der Waals surface area contributed by atoms with Crippen LogP contribution in [0.1, 0.15) is 19.5 Å². The summed E-state index contributed by atoms with van der Waals surface area (Å²) in [7, 11) is 0. The molecular formula is C31H34FN7. The third-order valence-corrected chi connectivity index (χ3v) is 7.64. The van der Waals surface area contributed by atoms with E-state index in [2.05, 4.69) is 56.5 Å². The van der Waals surface area contributed by atoms with Crippen LogP contribution < -0.4 is 5.32 Å². The van der Waals surface area contributed by atoms with Crippen LogP contribution >= 0.6 is 0 Å². The standard InChI is InChI=1S/C31H34FN7/c1-21(2)38-16-14-37(15-17-38)13-11-33-25-19-24-18-23(7-9-27(24)34-20-25)31-30(28-10-8-26(32)22(3)35-28)36-29-6-4-5-12-39(29)31/h4-10,12,18-21,33H,11,13-17H2,1-3H3. The number of halogens is 1. The van der Waals surface area contributed by atoms with E-state index in [1.807, 2.05) is 36.7 Å².